The summed E-state index contributed by atoms with van der Waals surface area (Å²) < 4.78 is 6.91. The normalized spacial score (nSPS) is 14.4. The number of thioether (sulfide) groups is 1. The van der Waals surface area contributed by atoms with Crippen LogP contribution in [0.5, 0.6) is 0 Å². The predicted octanol–water partition coefficient (Wildman–Crippen LogP) is 1.45. The molecule has 9 nitrogen and oxygen atoms in total. The zero-order valence-electron chi connectivity index (χ0n) is 14.9. The third-order valence-electron chi connectivity index (χ3n) is 4.36. The molecule has 28 heavy (non-hydrogen) atoms. The lowest BCUT2D eigenvalue weighted by Gasteiger charge is -2.34. The van der Waals surface area contributed by atoms with Gasteiger partial charge in [0.2, 0.25) is 11.1 Å². The maximum Gasteiger partial charge on any atom is 0.264 e. The van der Waals surface area contributed by atoms with Crippen LogP contribution in [0.15, 0.2) is 45.5 Å². The second-order valence-electron chi connectivity index (χ2n) is 6.14. The predicted molar refractivity (Wildman–Crippen MR) is 103 cm³/mol. The summed E-state index contributed by atoms with van der Waals surface area (Å²) in [5.41, 5.74) is 0. The second kappa shape index (κ2) is 8.57. The Kier molecular flexibility index (Phi) is 5.72. The van der Waals surface area contributed by atoms with Crippen LogP contribution in [-0.2, 0) is 11.3 Å². The van der Waals surface area contributed by atoms with Gasteiger partial charge in [-0.25, -0.2) is 4.68 Å². The van der Waals surface area contributed by atoms with Crippen LogP contribution in [-0.4, -0.2) is 73.8 Å². The van der Waals surface area contributed by atoms with Crippen molar-refractivity contribution in [1.29, 1.82) is 0 Å². The number of hydrogen-bond donors (Lipinski definition) is 0. The topological polar surface area (TPSA) is 97.4 Å². The lowest BCUT2D eigenvalue weighted by molar-refractivity contribution is -0.129. The van der Waals surface area contributed by atoms with E-state index in [9.17, 15) is 9.59 Å². The summed E-state index contributed by atoms with van der Waals surface area (Å²) in [6.45, 7) is 2.58. The van der Waals surface area contributed by atoms with Crippen molar-refractivity contribution in [2.45, 2.75) is 11.7 Å². The SMILES string of the molecule is O=C(CSc1nnnn1Cc1ccco1)N1CCN(C(=O)c2cccs2)CC1. The molecule has 1 aliphatic rings. The van der Waals surface area contributed by atoms with Gasteiger partial charge in [0.25, 0.3) is 5.91 Å². The highest BCUT2D eigenvalue weighted by molar-refractivity contribution is 7.99. The van der Waals surface area contributed by atoms with Crippen molar-refractivity contribution in [2.75, 3.05) is 31.9 Å². The first-order valence-corrected chi connectivity index (χ1v) is 10.6. The molecule has 0 aromatic carbocycles. The largest absolute Gasteiger partial charge is 0.467 e. The molecule has 4 rings (SSSR count). The number of nitrogens with zero attached hydrogens (tertiary/aromatic N) is 6. The molecule has 0 unspecified atom stereocenters. The smallest absolute Gasteiger partial charge is 0.264 e. The lowest BCUT2D eigenvalue weighted by atomic mass is 10.3. The Bertz CT molecular complexity index is 917. The van der Waals surface area contributed by atoms with E-state index < -0.39 is 0 Å². The number of amides is 2. The van der Waals surface area contributed by atoms with E-state index in [2.05, 4.69) is 15.5 Å². The van der Waals surface area contributed by atoms with E-state index in [1.807, 2.05) is 23.6 Å². The van der Waals surface area contributed by atoms with Gasteiger partial charge in [-0.15, -0.1) is 16.4 Å². The summed E-state index contributed by atoms with van der Waals surface area (Å²) in [5.74, 6) is 1.04. The summed E-state index contributed by atoms with van der Waals surface area (Å²) in [4.78, 5) is 29.2. The summed E-state index contributed by atoms with van der Waals surface area (Å²) in [6.07, 6.45) is 1.60. The monoisotopic (exact) mass is 418 g/mol. The molecule has 3 aromatic rings. The number of thiophene rings is 1. The molecule has 3 aromatic heterocycles. The third-order valence-corrected chi connectivity index (χ3v) is 6.16. The highest BCUT2D eigenvalue weighted by atomic mass is 32.2. The summed E-state index contributed by atoms with van der Waals surface area (Å²) >= 11 is 2.74. The number of carbonyl (C=O) groups excluding carboxylic acids is 2. The molecule has 0 bridgehead atoms. The van der Waals surface area contributed by atoms with Gasteiger partial charge < -0.3 is 14.2 Å². The Labute approximate surface area is 169 Å². The minimum Gasteiger partial charge on any atom is -0.467 e. The van der Waals surface area contributed by atoms with Gasteiger partial charge in [0.1, 0.15) is 12.3 Å². The molecule has 146 valence electrons. The molecule has 1 aliphatic heterocycles. The number of aromatic nitrogens is 4. The maximum atomic E-state index is 12.5. The van der Waals surface area contributed by atoms with Crippen LogP contribution in [0.3, 0.4) is 0 Å². The molecule has 1 saturated heterocycles. The van der Waals surface area contributed by atoms with Crippen molar-refractivity contribution < 1.29 is 14.0 Å². The maximum absolute atomic E-state index is 12.5. The Morgan fingerprint density at radius 3 is 2.68 bits per heavy atom. The van der Waals surface area contributed by atoms with Crippen LogP contribution < -0.4 is 0 Å². The van der Waals surface area contributed by atoms with Crippen molar-refractivity contribution >= 4 is 34.9 Å². The molecule has 0 saturated carbocycles. The number of rotatable bonds is 6. The first-order chi connectivity index (χ1) is 13.7. The quantitative estimate of drug-likeness (QED) is 0.559. The number of furan rings is 1. The van der Waals surface area contributed by atoms with Gasteiger partial charge in [0, 0.05) is 26.2 Å². The van der Waals surface area contributed by atoms with Crippen molar-refractivity contribution in [1.82, 2.24) is 30.0 Å². The van der Waals surface area contributed by atoms with E-state index in [1.165, 1.54) is 23.1 Å². The van der Waals surface area contributed by atoms with Crippen LogP contribution >= 0.6 is 23.1 Å². The standard InChI is InChI=1S/C17H18N6O3S2/c24-15(12-28-17-18-19-20-23(17)11-13-3-1-9-26-13)21-5-7-22(8-6-21)16(25)14-4-2-10-27-14/h1-4,9-10H,5-8,11-12H2. The highest BCUT2D eigenvalue weighted by Gasteiger charge is 2.25. The minimum atomic E-state index is 0.0146. The fraction of sp³-hybridized carbons (Fsp3) is 0.353. The van der Waals surface area contributed by atoms with E-state index in [-0.39, 0.29) is 17.6 Å². The number of carbonyl (C=O) groups is 2. The highest BCUT2D eigenvalue weighted by Crippen LogP contribution is 2.18. The van der Waals surface area contributed by atoms with Crippen LogP contribution in [0, 0.1) is 0 Å². The zero-order valence-corrected chi connectivity index (χ0v) is 16.6. The van der Waals surface area contributed by atoms with Crippen molar-refractivity contribution in [3.05, 3.63) is 46.5 Å². The van der Waals surface area contributed by atoms with Crippen LogP contribution in [0.2, 0.25) is 0 Å². The van der Waals surface area contributed by atoms with Crippen LogP contribution in [0.25, 0.3) is 0 Å². The van der Waals surface area contributed by atoms with Gasteiger partial charge in [-0.3, -0.25) is 9.59 Å². The van der Waals surface area contributed by atoms with Gasteiger partial charge in [-0.2, -0.15) is 0 Å². The fourth-order valence-electron chi connectivity index (χ4n) is 2.88. The molecule has 0 aliphatic carbocycles. The van der Waals surface area contributed by atoms with Gasteiger partial charge >= 0.3 is 0 Å². The Morgan fingerprint density at radius 1 is 1.14 bits per heavy atom. The molecular weight excluding hydrogens is 400 g/mol. The molecule has 1 fully saturated rings. The van der Waals surface area contributed by atoms with Gasteiger partial charge in [0.05, 0.1) is 16.9 Å². The summed E-state index contributed by atoms with van der Waals surface area (Å²) in [5, 5.41) is 14.1. The first kappa shape index (κ1) is 18.7. The average Bonchev–Trinajstić information content (AvgIpc) is 3.49. The molecule has 2 amide bonds. The second-order valence-corrected chi connectivity index (χ2v) is 8.03. The molecule has 4 heterocycles. The van der Waals surface area contributed by atoms with E-state index in [4.69, 9.17) is 4.42 Å². The van der Waals surface area contributed by atoms with Gasteiger partial charge in [-0.05, 0) is 34.0 Å². The average molecular weight is 419 g/mol. The Hall–Kier alpha value is -2.66. The molecule has 0 radical (unpaired) electrons. The fourth-order valence-corrected chi connectivity index (χ4v) is 4.35. The van der Waals surface area contributed by atoms with Crippen molar-refractivity contribution in [3.63, 3.8) is 0 Å². The van der Waals surface area contributed by atoms with E-state index in [0.717, 1.165) is 10.6 Å². The Balaban J connectivity index is 1.26. The lowest BCUT2D eigenvalue weighted by Crippen LogP contribution is -2.51. The van der Waals surface area contributed by atoms with Crippen LogP contribution in [0.4, 0.5) is 0 Å². The first-order valence-electron chi connectivity index (χ1n) is 8.72. The van der Waals surface area contributed by atoms with E-state index in [1.54, 1.807) is 26.8 Å². The minimum absolute atomic E-state index is 0.0146. The summed E-state index contributed by atoms with van der Waals surface area (Å²) in [7, 11) is 0. The number of tetrazole rings is 1. The van der Waals surface area contributed by atoms with Gasteiger partial charge in [-0.1, -0.05) is 17.8 Å². The number of piperazine rings is 1. The van der Waals surface area contributed by atoms with E-state index >= 15 is 0 Å². The van der Waals surface area contributed by atoms with E-state index in [0.29, 0.717) is 37.9 Å². The molecule has 0 atom stereocenters. The molecular formula is C17H18N6O3S2. The third kappa shape index (κ3) is 4.25. The number of hydrogen-bond acceptors (Lipinski definition) is 8. The van der Waals surface area contributed by atoms with Crippen LogP contribution in [0.1, 0.15) is 15.4 Å². The molecule has 11 heteroatoms. The molecule has 0 spiro atoms. The molecule has 0 N–H and O–H groups in total. The zero-order chi connectivity index (χ0) is 19.3. The van der Waals surface area contributed by atoms with Crippen molar-refractivity contribution in [3.8, 4) is 0 Å². The van der Waals surface area contributed by atoms with Gasteiger partial charge in [0.15, 0.2) is 0 Å². The van der Waals surface area contributed by atoms with Crippen molar-refractivity contribution in [2.24, 2.45) is 0 Å². The Morgan fingerprint density at radius 2 is 1.96 bits per heavy atom. The summed E-state index contributed by atoms with van der Waals surface area (Å²) in [6, 6.07) is 7.35.